The smallest absolute Gasteiger partial charge is 0.221 e. The highest BCUT2D eigenvalue weighted by Crippen LogP contribution is 2.11. The van der Waals surface area contributed by atoms with E-state index >= 15 is 0 Å². The lowest BCUT2D eigenvalue weighted by Crippen LogP contribution is -2.35. The molecule has 1 unspecified atom stereocenters. The average Bonchev–Trinajstić information content (AvgIpc) is 2.30. The fourth-order valence-corrected chi connectivity index (χ4v) is 3.19. The minimum atomic E-state index is -2.89. The zero-order valence-corrected chi connectivity index (χ0v) is 8.90. The lowest BCUT2D eigenvalue weighted by Gasteiger charge is -2.09. The lowest BCUT2D eigenvalue weighted by molar-refractivity contribution is -0.121. The highest BCUT2D eigenvalue weighted by Gasteiger charge is 2.28. The molecule has 1 fully saturated rings. The van der Waals surface area contributed by atoms with Gasteiger partial charge in [0.05, 0.1) is 11.5 Å². The summed E-state index contributed by atoms with van der Waals surface area (Å²) in [7, 11) is -2.89. The molecule has 0 bridgehead atoms. The van der Waals surface area contributed by atoms with Gasteiger partial charge in [-0.3, -0.25) is 4.79 Å². The predicted molar refractivity (Wildman–Crippen MR) is 53.7 cm³/mol. The van der Waals surface area contributed by atoms with E-state index in [9.17, 15) is 13.2 Å². The van der Waals surface area contributed by atoms with Crippen LogP contribution in [0.2, 0.25) is 0 Å². The van der Waals surface area contributed by atoms with Crippen molar-refractivity contribution in [3.8, 4) is 0 Å². The summed E-state index contributed by atoms with van der Waals surface area (Å²) >= 11 is 3.91. The molecule has 1 aliphatic rings. The second kappa shape index (κ2) is 4.32. The first-order chi connectivity index (χ1) is 6.03. The second-order valence-electron chi connectivity index (χ2n) is 3.14. The van der Waals surface area contributed by atoms with Gasteiger partial charge in [-0.1, -0.05) is 0 Å². The van der Waals surface area contributed by atoms with E-state index in [1.54, 1.807) is 0 Å². The molecule has 1 amide bonds. The van der Waals surface area contributed by atoms with E-state index in [-0.39, 0.29) is 23.5 Å². The Morgan fingerprint density at radius 2 is 2.23 bits per heavy atom. The molecule has 1 rings (SSSR count). The van der Waals surface area contributed by atoms with Crippen molar-refractivity contribution in [1.82, 2.24) is 5.32 Å². The predicted octanol–water partition coefficient (Wildman–Crippen LogP) is -0.390. The first-order valence-corrected chi connectivity index (χ1v) is 6.59. The van der Waals surface area contributed by atoms with E-state index in [0.29, 0.717) is 18.6 Å². The second-order valence-corrected chi connectivity index (χ2v) is 5.82. The fourth-order valence-electron chi connectivity index (χ4n) is 1.31. The minimum absolute atomic E-state index is 0.0886. The molecule has 4 nitrogen and oxygen atoms in total. The Balaban J connectivity index is 2.36. The molecule has 0 spiro atoms. The van der Waals surface area contributed by atoms with E-state index < -0.39 is 9.84 Å². The number of hydrogen-bond acceptors (Lipinski definition) is 4. The first kappa shape index (κ1) is 10.8. The summed E-state index contributed by atoms with van der Waals surface area (Å²) in [4.78, 5) is 11.1. The molecule has 0 aliphatic carbocycles. The van der Waals surface area contributed by atoms with Crippen LogP contribution in [0.4, 0.5) is 0 Å². The molecule has 0 aromatic heterocycles. The van der Waals surface area contributed by atoms with Crippen LogP contribution in [0.3, 0.4) is 0 Å². The van der Waals surface area contributed by atoms with E-state index in [2.05, 4.69) is 17.9 Å². The monoisotopic (exact) mass is 223 g/mol. The van der Waals surface area contributed by atoms with Gasteiger partial charge in [-0.15, -0.1) is 0 Å². The summed E-state index contributed by atoms with van der Waals surface area (Å²) in [6.07, 6.45) is 0.889. The molecule has 6 heteroatoms. The molecule has 1 saturated heterocycles. The number of hydrogen-bond donors (Lipinski definition) is 2. The van der Waals surface area contributed by atoms with Crippen LogP contribution in [0.1, 0.15) is 12.8 Å². The van der Waals surface area contributed by atoms with Crippen LogP contribution in [0.25, 0.3) is 0 Å². The molecule has 0 radical (unpaired) electrons. The van der Waals surface area contributed by atoms with E-state index in [1.165, 1.54) is 0 Å². The maximum Gasteiger partial charge on any atom is 0.221 e. The van der Waals surface area contributed by atoms with E-state index in [4.69, 9.17) is 0 Å². The molecular formula is C7H13NO3S2. The SMILES string of the molecule is O=C(CCS)NC1CCS(=O)(=O)C1. The average molecular weight is 223 g/mol. The molecule has 1 N–H and O–H groups in total. The summed E-state index contributed by atoms with van der Waals surface area (Å²) < 4.78 is 22.0. The zero-order chi connectivity index (χ0) is 9.90. The third-order valence-corrected chi connectivity index (χ3v) is 3.93. The Kier molecular flexibility index (Phi) is 3.61. The summed E-state index contributed by atoms with van der Waals surface area (Å²) in [5.41, 5.74) is 0. The van der Waals surface area contributed by atoms with Crippen LogP contribution in [0.15, 0.2) is 0 Å². The number of nitrogens with one attached hydrogen (secondary N) is 1. The van der Waals surface area contributed by atoms with E-state index in [0.717, 1.165) is 0 Å². The molecule has 0 aromatic rings. The van der Waals surface area contributed by atoms with Crippen LogP contribution in [-0.4, -0.2) is 37.6 Å². The Bertz CT molecular complexity index is 286. The maximum absolute atomic E-state index is 11.1. The number of carbonyl (C=O) groups excluding carboxylic acids is 1. The molecule has 1 aliphatic heterocycles. The van der Waals surface area contributed by atoms with Gasteiger partial charge < -0.3 is 5.32 Å². The lowest BCUT2D eigenvalue weighted by atomic mass is 10.2. The van der Waals surface area contributed by atoms with Crippen molar-refractivity contribution >= 4 is 28.4 Å². The van der Waals surface area contributed by atoms with Crippen molar-refractivity contribution < 1.29 is 13.2 Å². The number of rotatable bonds is 3. The summed E-state index contributed by atoms with van der Waals surface area (Å²) in [5, 5.41) is 2.67. The van der Waals surface area contributed by atoms with Crippen molar-refractivity contribution in [3.05, 3.63) is 0 Å². The summed E-state index contributed by atoms with van der Waals surface area (Å²) in [6, 6.07) is -0.183. The van der Waals surface area contributed by atoms with Crippen molar-refractivity contribution in [3.63, 3.8) is 0 Å². The van der Waals surface area contributed by atoms with Gasteiger partial charge in [-0.05, 0) is 12.2 Å². The Morgan fingerprint density at radius 1 is 1.54 bits per heavy atom. The Morgan fingerprint density at radius 3 is 2.69 bits per heavy atom. The maximum atomic E-state index is 11.1. The van der Waals surface area contributed by atoms with Crippen LogP contribution in [0, 0.1) is 0 Å². The third-order valence-electron chi connectivity index (χ3n) is 1.94. The number of thiol groups is 1. The van der Waals surface area contributed by atoms with Crippen LogP contribution < -0.4 is 5.32 Å². The van der Waals surface area contributed by atoms with Crippen LogP contribution in [0.5, 0.6) is 0 Å². The molecule has 0 saturated carbocycles. The highest BCUT2D eigenvalue weighted by molar-refractivity contribution is 7.91. The van der Waals surface area contributed by atoms with Gasteiger partial charge in [0.2, 0.25) is 5.91 Å². The molecule has 13 heavy (non-hydrogen) atoms. The zero-order valence-electron chi connectivity index (χ0n) is 7.19. The van der Waals surface area contributed by atoms with Crippen molar-refractivity contribution in [1.29, 1.82) is 0 Å². The van der Waals surface area contributed by atoms with Gasteiger partial charge in [0.25, 0.3) is 0 Å². The Labute approximate surface area is 83.4 Å². The van der Waals surface area contributed by atoms with Gasteiger partial charge >= 0.3 is 0 Å². The molecule has 1 heterocycles. The standard InChI is InChI=1S/C7H13NO3S2/c9-7(1-3-12)8-6-2-4-13(10,11)5-6/h6,12H,1-5H2,(H,8,9). The van der Waals surface area contributed by atoms with Crippen molar-refractivity contribution in [2.75, 3.05) is 17.3 Å². The minimum Gasteiger partial charge on any atom is -0.352 e. The Hall–Kier alpha value is -0.230. The van der Waals surface area contributed by atoms with E-state index in [1.807, 2.05) is 0 Å². The normalized spacial score (nSPS) is 25.8. The van der Waals surface area contributed by atoms with Crippen molar-refractivity contribution in [2.24, 2.45) is 0 Å². The van der Waals surface area contributed by atoms with Crippen LogP contribution in [-0.2, 0) is 14.6 Å². The topological polar surface area (TPSA) is 63.2 Å². The number of amides is 1. The quantitative estimate of drug-likeness (QED) is 0.641. The molecular weight excluding hydrogens is 210 g/mol. The van der Waals surface area contributed by atoms with Gasteiger partial charge in [0, 0.05) is 12.5 Å². The summed E-state index contributed by atoms with van der Waals surface area (Å²) in [5.74, 6) is 0.659. The van der Waals surface area contributed by atoms with Gasteiger partial charge in [0.15, 0.2) is 9.84 Å². The molecule has 0 aromatic carbocycles. The third kappa shape index (κ3) is 3.56. The highest BCUT2D eigenvalue weighted by atomic mass is 32.2. The molecule has 76 valence electrons. The van der Waals surface area contributed by atoms with Gasteiger partial charge in [-0.2, -0.15) is 12.6 Å². The largest absolute Gasteiger partial charge is 0.352 e. The fraction of sp³-hybridized carbons (Fsp3) is 0.857. The first-order valence-electron chi connectivity index (χ1n) is 4.14. The van der Waals surface area contributed by atoms with Crippen molar-refractivity contribution in [2.45, 2.75) is 18.9 Å². The number of carbonyl (C=O) groups is 1. The summed E-state index contributed by atoms with van der Waals surface area (Å²) in [6.45, 7) is 0. The van der Waals surface area contributed by atoms with Gasteiger partial charge in [-0.25, -0.2) is 8.42 Å². The number of sulfone groups is 1. The molecule has 1 atom stereocenters. The van der Waals surface area contributed by atoms with Crippen LogP contribution >= 0.6 is 12.6 Å². The van der Waals surface area contributed by atoms with Gasteiger partial charge in [0.1, 0.15) is 0 Å².